The molecule has 0 unspecified atom stereocenters. The van der Waals surface area contributed by atoms with E-state index in [-0.39, 0.29) is 5.82 Å². The Labute approximate surface area is 261 Å². The topological polar surface area (TPSA) is 106 Å². The third kappa shape index (κ3) is 12.3. The number of likely N-dealkylation sites (N-methyl/N-ethyl adjacent to an activating group) is 1. The molecule has 2 N–H and O–H groups in total. The molecule has 1 aromatic heterocycles. The second kappa shape index (κ2) is 19.3. The number of nitrogens with one attached hydrogen (secondary N) is 2. The van der Waals surface area contributed by atoms with Crippen LogP contribution in [0.25, 0.3) is 0 Å². The predicted octanol–water partition coefficient (Wildman–Crippen LogP) is 4.04. The number of carbonyl (C=O) groups excluding carboxylic acids is 2. The quantitative estimate of drug-likeness (QED) is 0.268. The van der Waals surface area contributed by atoms with E-state index < -0.39 is 0 Å². The molecule has 2 aromatic carbocycles. The van der Waals surface area contributed by atoms with Crippen molar-refractivity contribution in [2.75, 3.05) is 39.8 Å². The molecule has 2 amide bonds. The van der Waals surface area contributed by atoms with E-state index in [9.17, 15) is 14.0 Å². The van der Waals surface area contributed by atoms with Gasteiger partial charge < -0.3 is 20.1 Å². The highest BCUT2D eigenvalue weighted by Gasteiger charge is 2.13. The van der Waals surface area contributed by atoms with Gasteiger partial charge in [0.25, 0.3) is 0 Å². The summed E-state index contributed by atoms with van der Waals surface area (Å²) in [5, 5.41) is 14.4. The zero-order chi connectivity index (χ0) is 31.6. The lowest BCUT2D eigenvalue weighted by molar-refractivity contribution is -0.110. The smallest absolute Gasteiger partial charge is 0.207 e. The molecule has 10 heteroatoms. The first kappa shape index (κ1) is 34.4. The number of rotatable bonds is 10. The molecular formula is C34H46FN7O2. The van der Waals surface area contributed by atoms with Crippen LogP contribution in [0.3, 0.4) is 0 Å². The van der Waals surface area contributed by atoms with Crippen molar-refractivity contribution in [3.8, 4) is 6.07 Å². The zero-order valence-electron chi connectivity index (χ0n) is 26.1. The van der Waals surface area contributed by atoms with Crippen molar-refractivity contribution in [2.45, 2.75) is 64.6 Å². The van der Waals surface area contributed by atoms with Crippen molar-refractivity contribution in [3.63, 3.8) is 0 Å². The van der Waals surface area contributed by atoms with Crippen molar-refractivity contribution in [3.05, 3.63) is 88.8 Å². The van der Waals surface area contributed by atoms with Crippen LogP contribution in [0.4, 0.5) is 4.39 Å². The van der Waals surface area contributed by atoms with Crippen LogP contribution in [-0.2, 0) is 29.1 Å². The summed E-state index contributed by atoms with van der Waals surface area (Å²) in [6, 6.07) is 15.3. The number of amides is 2. The van der Waals surface area contributed by atoms with Crippen molar-refractivity contribution in [1.29, 1.82) is 5.26 Å². The summed E-state index contributed by atoms with van der Waals surface area (Å²) in [7, 11) is 2.15. The molecule has 0 bridgehead atoms. The van der Waals surface area contributed by atoms with Crippen molar-refractivity contribution in [2.24, 2.45) is 0 Å². The molecular weight excluding hydrogens is 557 g/mol. The number of imidazole rings is 1. The van der Waals surface area contributed by atoms with Gasteiger partial charge in [-0.25, -0.2) is 9.37 Å². The van der Waals surface area contributed by atoms with Gasteiger partial charge in [0.05, 0.1) is 18.0 Å². The predicted molar refractivity (Wildman–Crippen MR) is 170 cm³/mol. The van der Waals surface area contributed by atoms with Gasteiger partial charge in [0.15, 0.2) is 0 Å². The maximum Gasteiger partial charge on any atom is 0.207 e. The summed E-state index contributed by atoms with van der Waals surface area (Å²) in [4.78, 5) is 29.1. The highest BCUT2D eigenvalue weighted by molar-refractivity contribution is 5.46. The Kier molecular flexibility index (Phi) is 15.1. The van der Waals surface area contributed by atoms with E-state index >= 15 is 0 Å². The maximum absolute atomic E-state index is 12.7. The number of halogens is 1. The van der Waals surface area contributed by atoms with Gasteiger partial charge in [0.2, 0.25) is 12.8 Å². The molecule has 1 aliphatic heterocycles. The SMILES string of the molecule is CN1CCN(Cc2ccc(F)cc2)CC1.Cc1cc(Cn2cncc2CCNC=O)ccc1C#N.O=CNC1CCCCC1. The van der Waals surface area contributed by atoms with Crippen LogP contribution < -0.4 is 10.6 Å². The highest BCUT2D eigenvalue weighted by Crippen LogP contribution is 2.16. The van der Waals surface area contributed by atoms with Crippen LogP contribution in [0.5, 0.6) is 0 Å². The first-order valence-corrected chi connectivity index (χ1v) is 15.4. The molecule has 2 fully saturated rings. The Morgan fingerprint density at radius 3 is 2.32 bits per heavy atom. The van der Waals surface area contributed by atoms with E-state index in [0.29, 0.717) is 31.1 Å². The number of nitrogens with zero attached hydrogens (tertiary/aromatic N) is 5. The van der Waals surface area contributed by atoms with Crippen LogP contribution in [-0.4, -0.2) is 78.0 Å². The molecule has 1 aliphatic carbocycles. The molecule has 2 aliphatic rings. The van der Waals surface area contributed by atoms with Crippen molar-refractivity contribution >= 4 is 12.8 Å². The van der Waals surface area contributed by atoms with Gasteiger partial charge in [0, 0.05) is 70.2 Å². The monoisotopic (exact) mass is 603 g/mol. The van der Waals surface area contributed by atoms with E-state index in [1.807, 2.05) is 48.0 Å². The Bertz CT molecular complexity index is 1310. The number of hydrogen-bond acceptors (Lipinski definition) is 6. The maximum atomic E-state index is 12.7. The molecule has 0 spiro atoms. The molecule has 1 saturated heterocycles. The lowest BCUT2D eigenvalue weighted by atomic mass is 9.96. The van der Waals surface area contributed by atoms with Gasteiger partial charge in [0.1, 0.15) is 5.82 Å². The fourth-order valence-corrected chi connectivity index (χ4v) is 5.32. The standard InChI is InChI=1S/C15H16N4O.C12H17FN2.C7H13NO/c1-12-6-13(2-3-14(12)7-16)9-19-10-18-8-15(19)4-5-17-11-20;1-14-6-8-15(9-7-14)10-11-2-4-12(13)5-3-11;9-6-8-7-4-2-1-3-5-7/h2-3,6,8,10-11H,4-5,9H2,1H3,(H,17,20);2-5H,6-10H2,1H3;6-7H,1-5H2,(H,8,9). The van der Waals surface area contributed by atoms with Gasteiger partial charge in [-0.1, -0.05) is 43.5 Å². The Hall–Kier alpha value is -4.07. The summed E-state index contributed by atoms with van der Waals surface area (Å²) in [5.74, 6) is -0.155. The summed E-state index contributed by atoms with van der Waals surface area (Å²) in [6.45, 7) is 8.65. The van der Waals surface area contributed by atoms with Crippen LogP contribution in [0.2, 0.25) is 0 Å². The molecule has 236 valence electrons. The molecule has 44 heavy (non-hydrogen) atoms. The molecule has 1 saturated carbocycles. The first-order valence-electron chi connectivity index (χ1n) is 15.4. The second-order valence-corrected chi connectivity index (χ2v) is 11.4. The number of piperazine rings is 1. The van der Waals surface area contributed by atoms with Crippen molar-refractivity contribution in [1.82, 2.24) is 30.0 Å². The molecule has 0 atom stereocenters. The largest absolute Gasteiger partial charge is 0.358 e. The third-order valence-electron chi connectivity index (χ3n) is 8.00. The minimum absolute atomic E-state index is 0.155. The average Bonchev–Trinajstić information content (AvgIpc) is 3.47. The highest BCUT2D eigenvalue weighted by atomic mass is 19.1. The summed E-state index contributed by atoms with van der Waals surface area (Å²) >= 11 is 0. The number of aryl methyl sites for hydroxylation is 1. The van der Waals surface area contributed by atoms with Gasteiger partial charge in [-0.2, -0.15) is 5.26 Å². The van der Waals surface area contributed by atoms with Crippen LogP contribution in [0.1, 0.15) is 60.1 Å². The van der Waals surface area contributed by atoms with Gasteiger partial charge >= 0.3 is 0 Å². The van der Waals surface area contributed by atoms with Crippen LogP contribution in [0, 0.1) is 24.1 Å². The minimum atomic E-state index is -0.155. The van der Waals surface area contributed by atoms with Crippen molar-refractivity contribution < 1.29 is 14.0 Å². The third-order valence-corrected chi connectivity index (χ3v) is 8.00. The molecule has 9 nitrogen and oxygen atoms in total. The minimum Gasteiger partial charge on any atom is -0.358 e. The zero-order valence-corrected chi connectivity index (χ0v) is 26.1. The van der Waals surface area contributed by atoms with E-state index in [2.05, 4.69) is 38.5 Å². The number of hydrogen-bond donors (Lipinski definition) is 2. The fraction of sp³-hybridized carbons (Fsp3) is 0.471. The number of benzene rings is 2. The van der Waals surface area contributed by atoms with E-state index in [1.54, 1.807) is 6.33 Å². The van der Waals surface area contributed by atoms with Gasteiger partial charge in [-0.3, -0.25) is 14.5 Å². The summed E-state index contributed by atoms with van der Waals surface area (Å²) in [5.41, 5.74) is 5.08. The average molecular weight is 604 g/mol. The normalized spacial score (nSPS) is 15.5. The van der Waals surface area contributed by atoms with Crippen LogP contribution >= 0.6 is 0 Å². The Morgan fingerprint density at radius 2 is 1.68 bits per heavy atom. The fourth-order valence-electron chi connectivity index (χ4n) is 5.32. The number of aromatic nitrogens is 2. The molecule has 0 radical (unpaired) electrons. The lowest BCUT2D eigenvalue weighted by Gasteiger charge is -2.32. The summed E-state index contributed by atoms with van der Waals surface area (Å²) < 4.78 is 14.7. The van der Waals surface area contributed by atoms with E-state index in [1.165, 1.54) is 49.8 Å². The first-order chi connectivity index (χ1) is 21.4. The second-order valence-electron chi connectivity index (χ2n) is 11.4. The molecule has 5 rings (SSSR count). The van der Waals surface area contributed by atoms with E-state index in [4.69, 9.17) is 5.26 Å². The summed E-state index contributed by atoms with van der Waals surface area (Å²) in [6.07, 6.45) is 12.1. The Morgan fingerprint density at radius 1 is 0.977 bits per heavy atom. The van der Waals surface area contributed by atoms with Gasteiger partial charge in [-0.05, 0) is 61.7 Å². The molecule has 2 heterocycles. The Balaban J connectivity index is 0.000000194. The van der Waals surface area contributed by atoms with Crippen LogP contribution in [0.15, 0.2) is 55.0 Å². The number of carbonyl (C=O) groups is 2. The molecule has 3 aromatic rings. The van der Waals surface area contributed by atoms with E-state index in [0.717, 1.165) is 62.4 Å². The number of nitriles is 1. The van der Waals surface area contributed by atoms with Gasteiger partial charge in [-0.15, -0.1) is 0 Å². The lowest BCUT2D eigenvalue weighted by Crippen LogP contribution is -2.43.